The Hall–Kier alpha value is -3.14. The van der Waals surface area contributed by atoms with Crippen molar-refractivity contribution in [2.24, 2.45) is 0 Å². The zero-order valence-corrected chi connectivity index (χ0v) is 21.0. The lowest BCUT2D eigenvalue weighted by Gasteiger charge is -2.12. The molecule has 7 nitrogen and oxygen atoms in total. The van der Waals surface area contributed by atoms with Gasteiger partial charge < -0.3 is 15.0 Å². The molecule has 0 atom stereocenters. The highest BCUT2D eigenvalue weighted by atomic mass is 32.2. The second-order valence-corrected chi connectivity index (χ2v) is 10.2. The molecule has 2 N–H and O–H groups in total. The standard InChI is InChI=1S/C26H26N4O3S2/c1-33-14-6-12-27-22(31)16-34-26-29-23-19-8-3-5-10-21(19)35-24(23)25(32)30(26)13-11-17-15-28-20-9-4-2-7-18(17)20/h2-5,7-10,15,28H,6,11-14,16H2,1H3,(H,27,31). The van der Waals surface area contributed by atoms with Crippen molar-refractivity contribution in [2.75, 3.05) is 26.0 Å². The third kappa shape index (κ3) is 4.98. The number of aromatic nitrogens is 3. The number of thioether (sulfide) groups is 1. The number of carbonyl (C=O) groups excluding carboxylic acids is 1. The number of thiophene rings is 1. The maximum atomic E-state index is 13.6. The number of methoxy groups -OCH3 is 1. The lowest BCUT2D eigenvalue weighted by atomic mass is 10.1. The highest BCUT2D eigenvalue weighted by molar-refractivity contribution is 7.99. The zero-order chi connectivity index (χ0) is 24.2. The number of rotatable bonds is 10. The van der Waals surface area contributed by atoms with Crippen molar-refractivity contribution >= 4 is 60.2 Å². The van der Waals surface area contributed by atoms with Gasteiger partial charge in [0.15, 0.2) is 5.16 Å². The van der Waals surface area contributed by atoms with Crippen LogP contribution in [0, 0.1) is 0 Å². The molecular weight excluding hydrogens is 480 g/mol. The first kappa shape index (κ1) is 23.6. The third-order valence-electron chi connectivity index (χ3n) is 5.91. The van der Waals surface area contributed by atoms with E-state index in [9.17, 15) is 9.59 Å². The van der Waals surface area contributed by atoms with Crippen LogP contribution in [-0.2, 0) is 22.5 Å². The van der Waals surface area contributed by atoms with E-state index in [4.69, 9.17) is 9.72 Å². The van der Waals surface area contributed by atoms with Gasteiger partial charge in [0.05, 0.1) is 11.3 Å². The Bertz CT molecular complexity index is 1550. The van der Waals surface area contributed by atoms with Gasteiger partial charge in [0.1, 0.15) is 4.70 Å². The number of nitrogens with zero attached hydrogens (tertiary/aromatic N) is 2. The van der Waals surface area contributed by atoms with E-state index in [-0.39, 0.29) is 17.2 Å². The highest BCUT2D eigenvalue weighted by Gasteiger charge is 2.17. The molecule has 0 fully saturated rings. The van der Waals surface area contributed by atoms with Crippen LogP contribution >= 0.6 is 23.1 Å². The van der Waals surface area contributed by atoms with Crippen molar-refractivity contribution in [2.45, 2.75) is 24.5 Å². The van der Waals surface area contributed by atoms with Crippen molar-refractivity contribution in [3.05, 3.63) is 70.6 Å². The Balaban J connectivity index is 1.45. The second kappa shape index (κ2) is 10.6. The summed E-state index contributed by atoms with van der Waals surface area (Å²) in [6.45, 7) is 1.64. The average Bonchev–Trinajstić information content (AvgIpc) is 3.47. The molecule has 0 bridgehead atoms. The van der Waals surface area contributed by atoms with Gasteiger partial charge in [0.25, 0.3) is 5.56 Å². The molecule has 0 aliphatic heterocycles. The van der Waals surface area contributed by atoms with Crippen molar-refractivity contribution < 1.29 is 9.53 Å². The molecule has 0 radical (unpaired) electrons. The average molecular weight is 507 g/mol. The number of aryl methyl sites for hydroxylation is 1. The van der Waals surface area contributed by atoms with Crippen LogP contribution in [0.15, 0.2) is 64.7 Å². The quantitative estimate of drug-likeness (QED) is 0.164. The van der Waals surface area contributed by atoms with Crippen LogP contribution in [-0.4, -0.2) is 46.5 Å². The molecule has 5 rings (SSSR count). The molecule has 35 heavy (non-hydrogen) atoms. The third-order valence-corrected chi connectivity index (χ3v) is 8.03. The molecule has 0 unspecified atom stereocenters. The van der Waals surface area contributed by atoms with Crippen molar-refractivity contribution in [3.8, 4) is 0 Å². The summed E-state index contributed by atoms with van der Waals surface area (Å²) in [5.74, 6) is 0.110. The van der Waals surface area contributed by atoms with Gasteiger partial charge in [0, 0.05) is 54.0 Å². The first-order valence-corrected chi connectivity index (χ1v) is 13.3. The Morgan fingerprint density at radius 2 is 1.97 bits per heavy atom. The number of para-hydroxylation sites is 1. The molecular formula is C26H26N4O3S2. The number of hydrogen-bond acceptors (Lipinski definition) is 6. The molecule has 0 spiro atoms. The molecule has 0 aliphatic carbocycles. The van der Waals surface area contributed by atoms with Gasteiger partial charge in [-0.05, 0) is 30.5 Å². The van der Waals surface area contributed by atoms with Crippen LogP contribution in [0.1, 0.15) is 12.0 Å². The van der Waals surface area contributed by atoms with Crippen LogP contribution in [0.5, 0.6) is 0 Å². The molecule has 5 aromatic rings. The van der Waals surface area contributed by atoms with E-state index in [1.807, 2.05) is 48.7 Å². The van der Waals surface area contributed by atoms with Crippen LogP contribution in [0.3, 0.4) is 0 Å². The highest BCUT2D eigenvalue weighted by Crippen LogP contribution is 2.32. The van der Waals surface area contributed by atoms with E-state index in [1.165, 1.54) is 23.1 Å². The Kier molecular flexibility index (Phi) is 7.17. The summed E-state index contributed by atoms with van der Waals surface area (Å²) in [4.78, 5) is 34.2. The first-order chi connectivity index (χ1) is 17.2. The fourth-order valence-corrected chi connectivity index (χ4v) is 6.10. The molecule has 0 saturated carbocycles. The van der Waals surface area contributed by atoms with Gasteiger partial charge in [-0.25, -0.2) is 4.98 Å². The minimum Gasteiger partial charge on any atom is -0.385 e. The molecule has 3 aromatic heterocycles. The zero-order valence-electron chi connectivity index (χ0n) is 19.4. The number of ether oxygens (including phenoxy) is 1. The summed E-state index contributed by atoms with van der Waals surface area (Å²) in [6.07, 6.45) is 3.44. The summed E-state index contributed by atoms with van der Waals surface area (Å²) in [5, 5.41) is 5.59. The van der Waals surface area contributed by atoms with Gasteiger partial charge in [-0.15, -0.1) is 11.3 Å². The van der Waals surface area contributed by atoms with Crippen LogP contribution < -0.4 is 10.9 Å². The summed E-state index contributed by atoms with van der Waals surface area (Å²) < 4.78 is 8.44. The summed E-state index contributed by atoms with van der Waals surface area (Å²) >= 11 is 2.78. The van der Waals surface area contributed by atoms with Crippen molar-refractivity contribution in [1.82, 2.24) is 19.9 Å². The number of amides is 1. The molecule has 0 saturated heterocycles. The maximum absolute atomic E-state index is 13.6. The smallest absolute Gasteiger partial charge is 0.272 e. The second-order valence-electron chi connectivity index (χ2n) is 8.22. The number of fused-ring (bicyclic) bond motifs is 4. The predicted molar refractivity (Wildman–Crippen MR) is 144 cm³/mol. The van der Waals surface area contributed by atoms with E-state index < -0.39 is 0 Å². The van der Waals surface area contributed by atoms with E-state index >= 15 is 0 Å². The fourth-order valence-electron chi connectivity index (χ4n) is 4.16. The molecule has 3 heterocycles. The van der Waals surface area contributed by atoms with Crippen molar-refractivity contribution in [1.29, 1.82) is 0 Å². The van der Waals surface area contributed by atoms with E-state index in [0.29, 0.717) is 41.5 Å². The van der Waals surface area contributed by atoms with Crippen LogP contribution in [0.2, 0.25) is 0 Å². The minimum atomic E-state index is -0.0844. The first-order valence-electron chi connectivity index (χ1n) is 11.5. The fraction of sp³-hybridized carbons (Fsp3) is 0.269. The predicted octanol–water partition coefficient (Wildman–Crippen LogP) is 4.58. The van der Waals surface area contributed by atoms with E-state index in [2.05, 4.69) is 16.4 Å². The topological polar surface area (TPSA) is 89.0 Å². The minimum absolute atomic E-state index is 0.0564. The Labute approximate surface area is 210 Å². The molecule has 9 heteroatoms. The number of benzene rings is 2. The normalized spacial score (nSPS) is 11.6. The largest absolute Gasteiger partial charge is 0.385 e. The lowest BCUT2D eigenvalue weighted by Crippen LogP contribution is -2.28. The van der Waals surface area contributed by atoms with Gasteiger partial charge >= 0.3 is 0 Å². The van der Waals surface area contributed by atoms with Crippen LogP contribution in [0.4, 0.5) is 0 Å². The lowest BCUT2D eigenvalue weighted by molar-refractivity contribution is -0.118. The summed E-state index contributed by atoms with van der Waals surface area (Å²) in [5.41, 5.74) is 2.88. The Morgan fingerprint density at radius 3 is 2.83 bits per heavy atom. The maximum Gasteiger partial charge on any atom is 0.272 e. The van der Waals surface area contributed by atoms with E-state index in [0.717, 1.165) is 33.0 Å². The molecule has 180 valence electrons. The monoisotopic (exact) mass is 506 g/mol. The Morgan fingerprint density at radius 1 is 1.17 bits per heavy atom. The number of H-pyrrole nitrogens is 1. The van der Waals surface area contributed by atoms with Gasteiger partial charge in [-0.1, -0.05) is 48.2 Å². The summed E-state index contributed by atoms with van der Waals surface area (Å²) in [7, 11) is 1.64. The number of carbonyl (C=O) groups is 1. The van der Waals surface area contributed by atoms with Gasteiger partial charge in [-0.3, -0.25) is 14.2 Å². The van der Waals surface area contributed by atoms with E-state index in [1.54, 1.807) is 11.7 Å². The number of aromatic amines is 1. The van der Waals surface area contributed by atoms with Gasteiger partial charge in [-0.2, -0.15) is 0 Å². The molecule has 0 aliphatic rings. The van der Waals surface area contributed by atoms with Gasteiger partial charge in [0.2, 0.25) is 5.91 Å². The molecule has 2 aromatic carbocycles. The van der Waals surface area contributed by atoms with Crippen LogP contribution in [0.25, 0.3) is 31.2 Å². The summed E-state index contributed by atoms with van der Waals surface area (Å²) in [6, 6.07) is 16.1. The van der Waals surface area contributed by atoms with Crippen molar-refractivity contribution in [3.63, 3.8) is 0 Å². The molecule has 1 amide bonds. The SMILES string of the molecule is COCCCNC(=O)CSc1nc2c(sc3ccccc32)c(=O)n1CCc1c[nH]c2ccccc12. The number of hydrogen-bond donors (Lipinski definition) is 2. The number of nitrogens with one attached hydrogen (secondary N) is 2.